The van der Waals surface area contributed by atoms with E-state index >= 15 is 0 Å². The number of furan rings is 1. The predicted molar refractivity (Wildman–Crippen MR) is 262 cm³/mol. The summed E-state index contributed by atoms with van der Waals surface area (Å²) in [5.41, 5.74) is 15.4. The normalized spacial score (nSPS) is 13.1. The number of anilines is 6. The SMILES string of the molecule is c1ccc(N(c2ccc3c(c2)Sc2ccccc2C32c3ccccc3-c3ccccc32)c2cccc3c2oc2c(N(c4ccccc4)c4ccccc4)c4ccccc4cc23)cc1. The summed E-state index contributed by atoms with van der Waals surface area (Å²) < 4.78 is 7.40. The molecule has 0 atom stereocenters. The highest BCUT2D eigenvalue weighted by Crippen LogP contribution is 2.62. The van der Waals surface area contributed by atoms with Gasteiger partial charge in [-0.25, -0.2) is 0 Å². The second-order valence-corrected chi connectivity index (χ2v) is 17.5. The van der Waals surface area contributed by atoms with Crippen LogP contribution < -0.4 is 9.80 Å². The number of benzene rings is 10. The first-order valence-electron chi connectivity index (χ1n) is 21.5. The molecule has 0 unspecified atom stereocenters. The van der Waals surface area contributed by atoms with E-state index in [4.69, 9.17) is 4.42 Å². The van der Waals surface area contributed by atoms with Gasteiger partial charge in [0, 0.05) is 48.7 Å². The molecule has 1 aliphatic heterocycles. The first-order chi connectivity index (χ1) is 31.3. The second kappa shape index (κ2) is 14.1. The van der Waals surface area contributed by atoms with Gasteiger partial charge in [0.1, 0.15) is 0 Å². The molecule has 0 saturated carbocycles. The maximum Gasteiger partial charge on any atom is 0.160 e. The van der Waals surface area contributed by atoms with Crippen molar-refractivity contribution in [3.8, 4) is 11.1 Å². The van der Waals surface area contributed by atoms with Crippen molar-refractivity contribution in [1.82, 2.24) is 0 Å². The predicted octanol–water partition coefficient (Wildman–Crippen LogP) is 16.5. The lowest BCUT2D eigenvalue weighted by atomic mass is 9.67. The van der Waals surface area contributed by atoms with Crippen LogP contribution in [-0.2, 0) is 5.41 Å². The smallest absolute Gasteiger partial charge is 0.160 e. The van der Waals surface area contributed by atoms with Crippen molar-refractivity contribution in [2.24, 2.45) is 0 Å². The van der Waals surface area contributed by atoms with Crippen LogP contribution >= 0.6 is 11.8 Å². The van der Waals surface area contributed by atoms with Crippen LogP contribution in [0.5, 0.6) is 0 Å². The van der Waals surface area contributed by atoms with Gasteiger partial charge >= 0.3 is 0 Å². The van der Waals surface area contributed by atoms with Crippen LogP contribution in [0.1, 0.15) is 22.3 Å². The monoisotopic (exact) mass is 822 g/mol. The summed E-state index contributed by atoms with van der Waals surface area (Å²) >= 11 is 1.87. The largest absolute Gasteiger partial charge is 0.452 e. The quantitative estimate of drug-likeness (QED) is 0.166. The molecule has 63 heavy (non-hydrogen) atoms. The van der Waals surface area contributed by atoms with Gasteiger partial charge in [-0.2, -0.15) is 0 Å². The molecule has 1 aliphatic carbocycles. The van der Waals surface area contributed by atoms with Crippen LogP contribution in [-0.4, -0.2) is 0 Å². The Kier molecular flexibility index (Phi) is 8.06. The summed E-state index contributed by atoms with van der Waals surface area (Å²) in [5.74, 6) is 0. The maximum atomic E-state index is 7.40. The summed E-state index contributed by atoms with van der Waals surface area (Å²) in [6, 6.07) is 83.6. The van der Waals surface area contributed by atoms with Crippen molar-refractivity contribution in [1.29, 1.82) is 0 Å². The Morgan fingerprint density at radius 1 is 0.349 bits per heavy atom. The Labute approximate surface area is 370 Å². The topological polar surface area (TPSA) is 19.6 Å². The van der Waals surface area contributed by atoms with Crippen molar-refractivity contribution in [2.45, 2.75) is 15.2 Å². The minimum Gasteiger partial charge on any atom is -0.452 e. The fourth-order valence-electron chi connectivity index (χ4n) is 10.5. The fraction of sp³-hybridized carbons (Fsp3) is 0.0169. The molecule has 11 aromatic rings. The molecule has 296 valence electrons. The third-order valence-corrected chi connectivity index (χ3v) is 14.2. The van der Waals surface area contributed by atoms with E-state index in [9.17, 15) is 0 Å². The van der Waals surface area contributed by atoms with Crippen LogP contribution in [0.4, 0.5) is 34.1 Å². The molecule has 0 bridgehead atoms. The van der Waals surface area contributed by atoms with Gasteiger partial charge in [0.15, 0.2) is 11.2 Å². The van der Waals surface area contributed by atoms with E-state index in [-0.39, 0.29) is 0 Å². The fourth-order valence-corrected chi connectivity index (χ4v) is 11.7. The van der Waals surface area contributed by atoms with Gasteiger partial charge in [-0.15, -0.1) is 0 Å². The molecule has 1 aromatic heterocycles. The molecule has 4 heteroatoms. The number of hydrogen-bond donors (Lipinski definition) is 0. The lowest BCUT2D eigenvalue weighted by Gasteiger charge is -2.40. The molecule has 1 spiro atoms. The Balaban J connectivity index is 1.06. The minimum atomic E-state index is -0.443. The molecule has 0 fully saturated rings. The van der Waals surface area contributed by atoms with Gasteiger partial charge in [0.05, 0.1) is 16.8 Å². The average molecular weight is 823 g/mol. The molecule has 2 heterocycles. The highest BCUT2D eigenvalue weighted by Gasteiger charge is 2.50. The molecule has 10 aromatic carbocycles. The molecule has 0 N–H and O–H groups in total. The van der Waals surface area contributed by atoms with Crippen LogP contribution in [0.15, 0.2) is 245 Å². The second-order valence-electron chi connectivity index (χ2n) is 16.4. The summed E-state index contributed by atoms with van der Waals surface area (Å²) in [5, 5.41) is 4.41. The van der Waals surface area contributed by atoms with E-state index in [1.165, 1.54) is 43.2 Å². The van der Waals surface area contributed by atoms with E-state index in [0.29, 0.717) is 0 Å². The molecular weight excluding hydrogens is 785 g/mol. The molecular formula is C59H38N2OS. The number of para-hydroxylation sites is 4. The third kappa shape index (κ3) is 5.29. The summed E-state index contributed by atoms with van der Waals surface area (Å²) in [4.78, 5) is 7.24. The maximum absolute atomic E-state index is 7.40. The van der Waals surface area contributed by atoms with E-state index in [2.05, 4.69) is 240 Å². The Morgan fingerprint density at radius 2 is 0.889 bits per heavy atom. The summed E-state index contributed by atoms with van der Waals surface area (Å²) in [6.45, 7) is 0. The molecule has 0 saturated heterocycles. The highest BCUT2D eigenvalue weighted by molar-refractivity contribution is 7.99. The van der Waals surface area contributed by atoms with Gasteiger partial charge in [-0.1, -0.05) is 176 Å². The molecule has 2 aliphatic rings. The van der Waals surface area contributed by atoms with Crippen LogP contribution in [0.2, 0.25) is 0 Å². The Bertz CT molecular complexity index is 3480. The van der Waals surface area contributed by atoms with E-state index in [1.54, 1.807) is 0 Å². The van der Waals surface area contributed by atoms with Gasteiger partial charge in [0.25, 0.3) is 0 Å². The lowest BCUT2D eigenvalue weighted by molar-refractivity contribution is 0.669. The first kappa shape index (κ1) is 35.9. The van der Waals surface area contributed by atoms with Crippen LogP contribution in [0.25, 0.3) is 43.8 Å². The molecule has 0 radical (unpaired) electrons. The van der Waals surface area contributed by atoms with Crippen molar-refractivity contribution >= 4 is 78.6 Å². The van der Waals surface area contributed by atoms with Gasteiger partial charge in [-0.3, -0.25) is 0 Å². The van der Waals surface area contributed by atoms with Crippen molar-refractivity contribution < 1.29 is 4.42 Å². The van der Waals surface area contributed by atoms with Crippen molar-refractivity contribution in [2.75, 3.05) is 9.80 Å². The van der Waals surface area contributed by atoms with Gasteiger partial charge in [0.2, 0.25) is 0 Å². The van der Waals surface area contributed by atoms with E-state index in [0.717, 1.165) is 66.8 Å². The summed E-state index contributed by atoms with van der Waals surface area (Å²) in [7, 11) is 0. The third-order valence-electron chi connectivity index (χ3n) is 13.1. The van der Waals surface area contributed by atoms with Crippen LogP contribution in [0, 0.1) is 0 Å². The standard InChI is InChI=1S/C59H38N2OS/c1-4-20-40(21-5-1)60(43-35-36-52-55(38-43)63-54-34-17-16-32-51(54)59(52)49-30-14-12-27-45(49)46-28-13-15-31-50(46)59)53-33-18-29-47-48-37-39-19-10-11-26-44(39)56(58(48)62-57(47)53)61(41-22-6-2-7-23-41)42-24-8-3-9-25-42/h1-38H. The highest BCUT2D eigenvalue weighted by atomic mass is 32.2. The van der Waals surface area contributed by atoms with Crippen molar-refractivity contribution in [3.05, 3.63) is 253 Å². The molecule has 0 amide bonds. The number of hydrogen-bond acceptors (Lipinski definition) is 4. The zero-order chi connectivity index (χ0) is 41.5. The number of rotatable bonds is 6. The van der Waals surface area contributed by atoms with Crippen molar-refractivity contribution in [3.63, 3.8) is 0 Å². The first-order valence-corrected chi connectivity index (χ1v) is 22.3. The molecule has 13 rings (SSSR count). The molecule has 3 nitrogen and oxygen atoms in total. The van der Waals surface area contributed by atoms with Gasteiger partial charge in [-0.05, 0) is 105 Å². The zero-order valence-corrected chi connectivity index (χ0v) is 35.0. The number of nitrogens with zero attached hydrogens (tertiary/aromatic N) is 2. The minimum absolute atomic E-state index is 0.443. The van der Waals surface area contributed by atoms with E-state index < -0.39 is 5.41 Å². The zero-order valence-electron chi connectivity index (χ0n) is 34.2. The summed E-state index contributed by atoms with van der Waals surface area (Å²) in [6.07, 6.45) is 0. The average Bonchev–Trinajstić information content (AvgIpc) is 3.87. The Hall–Kier alpha value is -7.79. The van der Waals surface area contributed by atoms with Gasteiger partial charge < -0.3 is 14.2 Å². The van der Waals surface area contributed by atoms with Crippen LogP contribution in [0.3, 0.4) is 0 Å². The number of fused-ring (bicyclic) bond motifs is 13. The lowest BCUT2D eigenvalue weighted by Crippen LogP contribution is -2.32. The van der Waals surface area contributed by atoms with E-state index in [1.807, 2.05) is 11.8 Å². The Morgan fingerprint density at radius 3 is 1.57 bits per heavy atom.